The molecule has 0 saturated carbocycles. The maximum Gasteiger partial charge on any atom is 0.118 e. The molecule has 3 nitrogen and oxygen atoms in total. The van der Waals surface area contributed by atoms with Gasteiger partial charge in [0.1, 0.15) is 5.76 Å². The molecular weight excluding hydrogens is 248 g/mol. The quantitative estimate of drug-likeness (QED) is 0.861. The van der Waals surface area contributed by atoms with Gasteiger partial charge >= 0.3 is 0 Å². The molecule has 0 aromatic carbocycles. The molecule has 1 saturated heterocycles. The Balaban J connectivity index is 1.83. The lowest BCUT2D eigenvalue weighted by Gasteiger charge is -2.37. The van der Waals surface area contributed by atoms with Gasteiger partial charge < -0.3 is 9.73 Å². The molecule has 0 radical (unpaired) electrons. The highest BCUT2D eigenvalue weighted by atomic mass is 16.3. The normalized spacial score (nSPS) is 24.4. The van der Waals surface area contributed by atoms with Crippen LogP contribution in [-0.2, 0) is 13.1 Å². The summed E-state index contributed by atoms with van der Waals surface area (Å²) in [4.78, 5) is 2.55. The van der Waals surface area contributed by atoms with Gasteiger partial charge in [-0.1, -0.05) is 20.8 Å². The zero-order chi connectivity index (χ0) is 14.5. The van der Waals surface area contributed by atoms with Gasteiger partial charge in [-0.15, -0.1) is 0 Å². The summed E-state index contributed by atoms with van der Waals surface area (Å²) in [6, 6.07) is 2.87. The first-order valence-corrected chi connectivity index (χ1v) is 8.07. The molecule has 114 valence electrons. The highest BCUT2D eigenvalue weighted by Gasteiger charge is 2.25. The molecule has 1 aliphatic rings. The van der Waals surface area contributed by atoms with E-state index in [0.29, 0.717) is 12.0 Å². The average molecular weight is 278 g/mol. The second-order valence-corrected chi connectivity index (χ2v) is 6.78. The minimum absolute atomic E-state index is 0.663. The molecule has 2 heterocycles. The third-order valence-electron chi connectivity index (χ3n) is 4.45. The lowest BCUT2D eigenvalue weighted by atomic mass is 9.92. The molecule has 0 spiro atoms. The number of rotatable bonds is 6. The summed E-state index contributed by atoms with van der Waals surface area (Å²) in [7, 11) is 0. The van der Waals surface area contributed by atoms with Gasteiger partial charge in [0, 0.05) is 18.2 Å². The highest BCUT2D eigenvalue weighted by Crippen LogP contribution is 2.24. The van der Waals surface area contributed by atoms with Crippen molar-refractivity contribution in [2.45, 2.75) is 59.7 Å². The van der Waals surface area contributed by atoms with Crippen molar-refractivity contribution in [1.29, 1.82) is 0 Å². The Bertz CT molecular complexity index is 399. The van der Waals surface area contributed by atoms with E-state index in [1.165, 1.54) is 24.9 Å². The van der Waals surface area contributed by atoms with Gasteiger partial charge in [0.25, 0.3) is 0 Å². The molecule has 20 heavy (non-hydrogen) atoms. The molecule has 0 bridgehead atoms. The van der Waals surface area contributed by atoms with Crippen molar-refractivity contribution in [3.8, 4) is 0 Å². The van der Waals surface area contributed by atoms with Crippen LogP contribution in [0, 0.1) is 11.8 Å². The van der Waals surface area contributed by atoms with E-state index in [0.717, 1.165) is 31.3 Å². The lowest BCUT2D eigenvalue weighted by molar-refractivity contribution is 0.0987. The van der Waals surface area contributed by atoms with Gasteiger partial charge in [0.15, 0.2) is 0 Å². The van der Waals surface area contributed by atoms with Crippen LogP contribution in [0.25, 0.3) is 0 Å². The van der Waals surface area contributed by atoms with Crippen molar-refractivity contribution in [3.63, 3.8) is 0 Å². The monoisotopic (exact) mass is 278 g/mol. The fraction of sp³-hybridized carbons (Fsp3) is 0.765. The number of hydrogen-bond acceptors (Lipinski definition) is 3. The Kier molecular flexibility index (Phi) is 5.67. The fourth-order valence-corrected chi connectivity index (χ4v) is 2.95. The van der Waals surface area contributed by atoms with Gasteiger partial charge in [-0.3, -0.25) is 4.90 Å². The van der Waals surface area contributed by atoms with Gasteiger partial charge in [-0.2, -0.15) is 0 Å². The van der Waals surface area contributed by atoms with E-state index in [4.69, 9.17) is 4.42 Å². The van der Waals surface area contributed by atoms with Crippen LogP contribution >= 0.6 is 0 Å². The number of hydrogen-bond donors (Lipinski definition) is 1. The Hall–Kier alpha value is -0.800. The van der Waals surface area contributed by atoms with Crippen LogP contribution in [0.3, 0.4) is 0 Å². The number of likely N-dealkylation sites (tertiary alicyclic amines) is 1. The first-order valence-electron chi connectivity index (χ1n) is 8.07. The summed E-state index contributed by atoms with van der Waals surface area (Å²) in [5, 5.41) is 3.46. The number of piperidine rings is 1. The highest BCUT2D eigenvalue weighted by molar-refractivity contribution is 5.12. The Morgan fingerprint density at radius 2 is 2.20 bits per heavy atom. The average Bonchev–Trinajstić information content (AvgIpc) is 2.82. The molecule has 2 atom stereocenters. The number of furan rings is 1. The standard InChI is InChI=1S/C17H30N2O/c1-13(2)9-18-10-16-8-17(20-12-16)11-19-7-5-6-14(3)15(19)4/h8,12-15,18H,5-7,9-11H2,1-4H3. The van der Waals surface area contributed by atoms with Crippen LogP contribution < -0.4 is 5.32 Å². The third kappa shape index (κ3) is 4.35. The van der Waals surface area contributed by atoms with Crippen molar-refractivity contribution < 1.29 is 4.42 Å². The zero-order valence-electron chi connectivity index (χ0n) is 13.5. The number of nitrogens with one attached hydrogen (secondary N) is 1. The topological polar surface area (TPSA) is 28.4 Å². The van der Waals surface area contributed by atoms with Gasteiger partial charge in [0.2, 0.25) is 0 Å². The molecule has 3 heteroatoms. The van der Waals surface area contributed by atoms with Crippen molar-refractivity contribution in [2.24, 2.45) is 11.8 Å². The first-order chi connectivity index (χ1) is 9.56. The first kappa shape index (κ1) is 15.6. The van der Waals surface area contributed by atoms with Crippen LogP contribution in [0.4, 0.5) is 0 Å². The molecule has 2 unspecified atom stereocenters. The molecule has 1 N–H and O–H groups in total. The van der Waals surface area contributed by atoms with Crippen molar-refractivity contribution in [3.05, 3.63) is 23.7 Å². The smallest absolute Gasteiger partial charge is 0.118 e. The molecule has 1 fully saturated rings. The van der Waals surface area contributed by atoms with E-state index in [-0.39, 0.29) is 0 Å². The minimum Gasteiger partial charge on any atom is -0.468 e. The Labute approximate surface area is 123 Å². The van der Waals surface area contributed by atoms with Crippen LogP contribution in [0.5, 0.6) is 0 Å². The number of nitrogens with zero attached hydrogens (tertiary/aromatic N) is 1. The summed E-state index contributed by atoms with van der Waals surface area (Å²) in [5.41, 5.74) is 1.26. The summed E-state index contributed by atoms with van der Waals surface area (Å²) >= 11 is 0. The van der Waals surface area contributed by atoms with Gasteiger partial charge in [0.05, 0.1) is 12.8 Å². The summed E-state index contributed by atoms with van der Waals surface area (Å²) < 4.78 is 5.73. The fourth-order valence-electron chi connectivity index (χ4n) is 2.95. The van der Waals surface area contributed by atoms with E-state index < -0.39 is 0 Å². The van der Waals surface area contributed by atoms with E-state index >= 15 is 0 Å². The zero-order valence-corrected chi connectivity index (χ0v) is 13.5. The molecule has 1 aliphatic heterocycles. The van der Waals surface area contributed by atoms with Crippen LogP contribution in [0.1, 0.15) is 51.9 Å². The molecule has 1 aromatic heterocycles. The summed E-state index contributed by atoms with van der Waals surface area (Å²) in [6.45, 7) is 13.3. The summed E-state index contributed by atoms with van der Waals surface area (Å²) in [5.74, 6) is 2.59. The predicted molar refractivity (Wildman–Crippen MR) is 83.5 cm³/mol. The maximum absolute atomic E-state index is 5.73. The van der Waals surface area contributed by atoms with Gasteiger partial charge in [-0.25, -0.2) is 0 Å². The van der Waals surface area contributed by atoms with E-state index in [9.17, 15) is 0 Å². The van der Waals surface area contributed by atoms with Crippen LogP contribution in [0.2, 0.25) is 0 Å². The largest absolute Gasteiger partial charge is 0.468 e. The lowest BCUT2D eigenvalue weighted by Crippen LogP contribution is -2.41. The SMILES string of the molecule is CC(C)CNCc1coc(CN2CCCC(C)C2C)c1. The molecule has 2 rings (SSSR count). The van der Waals surface area contributed by atoms with Crippen LogP contribution in [-0.4, -0.2) is 24.0 Å². The Morgan fingerprint density at radius 3 is 2.95 bits per heavy atom. The molecule has 1 aromatic rings. The van der Waals surface area contributed by atoms with E-state index in [1.807, 2.05) is 6.26 Å². The predicted octanol–water partition coefficient (Wildman–Crippen LogP) is 3.65. The maximum atomic E-state index is 5.73. The molecule has 0 aliphatic carbocycles. The Morgan fingerprint density at radius 1 is 1.40 bits per heavy atom. The third-order valence-corrected chi connectivity index (χ3v) is 4.45. The second-order valence-electron chi connectivity index (χ2n) is 6.78. The van der Waals surface area contributed by atoms with Crippen molar-refractivity contribution in [2.75, 3.05) is 13.1 Å². The van der Waals surface area contributed by atoms with E-state index in [2.05, 4.69) is 44.0 Å². The van der Waals surface area contributed by atoms with E-state index in [1.54, 1.807) is 0 Å². The van der Waals surface area contributed by atoms with Gasteiger partial charge in [-0.05, 0) is 50.8 Å². The van der Waals surface area contributed by atoms with Crippen LogP contribution in [0.15, 0.2) is 16.7 Å². The summed E-state index contributed by atoms with van der Waals surface area (Å²) in [6.07, 6.45) is 4.58. The minimum atomic E-state index is 0.663. The molecule has 0 amide bonds. The van der Waals surface area contributed by atoms with Crippen molar-refractivity contribution >= 4 is 0 Å². The van der Waals surface area contributed by atoms with Crippen molar-refractivity contribution in [1.82, 2.24) is 10.2 Å². The molecular formula is C17H30N2O. The second kappa shape index (κ2) is 7.28.